The topological polar surface area (TPSA) is 255 Å². The van der Waals surface area contributed by atoms with Crippen molar-refractivity contribution in [3.63, 3.8) is 0 Å². The number of fused-ring (bicyclic) bond motifs is 1. The number of rotatable bonds is 13. The van der Waals surface area contributed by atoms with Gasteiger partial charge in [-0.3, -0.25) is 25.0 Å². The number of likely N-dealkylation sites (tertiary alicyclic amines) is 1. The van der Waals surface area contributed by atoms with Crippen LogP contribution in [0.25, 0.3) is 0 Å². The zero-order valence-electron chi connectivity index (χ0n) is 26.7. The number of thioether (sulfide) groups is 1. The first-order valence-electron chi connectivity index (χ1n) is 15.3. The van der Waals surface area contributed by atoms with E-state index in [1.54, 1.807) is 0 Å². The normalized spacial score (nSPS) is 23.7. The van der Waals surface area contributed by atoms with Gasteiger partial charge in [0.25, 0.3) is 21.6 Å². The summed E-state index contributed by atoms with van der Waals surface area (Å²) < 4.78 is 36.6. The number of carbonyl (C=O) groups is 3. The number of nitrogens with one attached hydrogen (secondary N) is 1. The first kappa shape index (κ1) is 36.6. The Morgan fingerprint density at radius 1 is 1.04 bits per heavy atom. The minimum absolute atomic E-state index is 0.00489. The number of nitro groups is 2. The number of nitro benzene ring substituents is 2. The van der Waals surface area contributed by atoms with E-state index in [0.29, 0.717) is 16.0 Å². The highest BCUT2D eigenvalue weighted by Gasteiger charge is 2.60. The van der Waals surface area contributed by atoms with Gasteiger partial charge in [0.15, 0.2) is 0 Å². The first-order valence-corrected chi connectivity index (χ1v) is 17.7. The van der Waals surface area contributed by atoms with E-state index in [1.165, 1.54) is 77.0 Å². The van der Waals surface area contributed by atoms with Crippen molar-refractivity contribution in [1.82, 2.24) is 14.5 Å². The fraction of sp³-hybridized carbons (Fsp3) is 0.433. The minimum atomic E-state index is -4.12. The van der Waals surface area contributed by atoms with Crippen molar-refractivity contribution in [2.75, 3.05) is 13.1 Å². The lowest BCUT2D eigenvalue weighted by molar-refractivity contribution is -0.385. The summed E-state index contributed by atoms with van der Waals surface area (Å²) in [6.45, 7) is 2.67. The van der Waals surface area contributed by atoms with Crippen LogP contribution in [0.2, 0.25) is 0 Å². The highest BCUT2D eigenvalue weighted by molar-refractivity contribution is 8.03. The summed E-state index contributed by atoms with van der Waals surface area (Å²) in [6, 6.07) is 9.60. The van der Waals surface area contributed by atoms with Gasteiger partial charge in [-0.2, -0.15) is 8.42 Å². The van der Waals surface area contributed by atoms with Gasteiger partial charge in [-0.1, -0.05) is 6.92 Å². The number of nitrogens with two attached hydrogens (primary N) is 1. The highest BCUT2D eigenvalue weighted by Crippen LogP contribution is 2.52. The van der Waals surface area contributed by atoms with Gasteiger partial charge >= 0.3 is 12.1 Å². The average molecular weight is 735 g/mol. The Morgan fingerprint density at radius 2 is 1.58 bits per heavy atom. The van der Waals surface area contributed by atoms with Crippen LogP contribution in [0.4, 0.5) is 16.2 Å². The van der Waals surface area contributed by atoms with Gasteiger partial charge in [0.1, 0.15) is 18.9 Å². The molecule has 50 heavy (non-hydrogen) atoms. The van der Waals surface area contributed by atoms with E-state index in [0.717, 1.165) is 0 Å². The van der Waals surface area contributed by atoms with Gasteiger partial charge in [0.2, 0.25) is 5.91 Å². The van der Waals surface area contributed by atoms with Crippen molar-refractivity contribution in [3.8, 4) is 0 Å². The van der Waals surface area contributed by atoms with Gasteiger partial charge in [-0.15, -0.1) is 11.8 Å². The molecule has 20 heteroatoms. The number of carbonyl (C=O) groups excluding carboxylic acids is 3. The van der Waals surface area contributed by atoms with Crippen LogP contribution in [0.5, 0.6) is 0 Å². The standard InChI is InChI=1S/C30H34N6O12S2/c1-16-25-24(17(2)37)28(38)34(25)26(29(39)47-14-18-3-7-20(8-4-18)35(41)42)27(16)49-23-11-22(12-32-50(31,45)46)33(13-23)30(40)48-15-19-5-9-21(10-6-19)36(43)44/h3-10,16-17,22-25,32,37H,11-15H2,1-2H3,(H2,31,45,46)/t16?,17-,22+,23+,24-,25-/m1/s1. The maximum absolute atomic E-state index is 13.6. The monoisotopic (exact) mass is 734 g/mol. The fourth-order valence-corrected chi connectivity index (χ4v) is 8.30. The second-order valence-electron chi connectivity index (χ2n) is 12.1. The quantitative estimate of drug-likeness (QED) is 0.115. The Morgan fingerprint density at radius 3 is 2.08 bits per heavy atom. The SMILES string of the molecule is CC1C(S[C@H]2C[C@@H](CNS(N)(=O)=O)N(C(=O)OCc3ccc([N+](=O)[O-])cc3)C2)=C(C(=O)OCc2ccc([N+](=O)[O-])cc2)N2C(=O)[C@H]([C@@H](C)O)[C@@H]12. The van der Waals surface area contributed by atoms with Gasteiger partial charge in [-0.25, -0.2) is 19.5 Å². The molecule has 2 saturated heterocycles. The predicted molar refractivity (Wildman–Crippen MR) is 176 cm³/mol. The third kappa shape index (κ3) is 7.88. The largest absolute Gasteiger partial charge is 0.456 e. The van der Waals surface area contributed by atoms with E-state index < -0.39 is 73.3 Å². The Bertz CT molecular complexity index is 1820. The Kier molecular flexibility index (Phi) is 10.8. The van der Waals surface area contributed by atoms with Crippen LogP contribution in [0.3, 0.4) is 0 Å². The zero-order chi connectivity index (χ0) is 36.5. The first-order chi connectivity index (χ1) is 23.6. The van der Waals surface area contributed by atoms with Crippen molar-refractivity contribution in [2.24, 2.45) is 17.0 Å². The third-order valence-corrected chi connectivity index (χ3v) is 10.8. The number of aliphatic hydroxyl groups is 1. The Hall–Kier alpha value is -4.63. The van der Waals surface area contributed by atoms with Crippen molar-refractivity contribution in [3.05, 3.63) is 90.5 Å². The van der Waals surface area contributed by atoms with Crippen LogP contribution in [-0.4, -0.2) is 87.7 Å². The van der Waals surface area contributed by atoms with Crippen LogP contribution in [0, 0.1) is 32.1 Å². The average Bonchev–Trinajstić information content (AvgIpc) is 3.57. The molecule has 0 aliphatic carbocycles. The molecular formula is C30H34N6O12S2. The van der Waals surface area contributed by atoms with Crippen molar-refractivity contribution < 1.29 is 47.2 Å². The molecule has 2 fully saturated rings. The van der Waals surface area contributed by atoms with Crippen LogP contribution in [0.1, 0.15) is 31.4 Å². The van der Waals surface area contributed by atoms with Crippen molar-refractivity contribution in [1.29, 1.82) is 0 Å². The summed E-state index contributed by atoms with van der Waals surface area (Å²) in [5, 5.41) is 37.0. The summed E-state index contributed by atoms with van der Waals surface area (Å²) in [5.74, 6) is -2.44. The van der Waals surface area contributed by atoms with E-state index in [4.69, 9.17) is 14.6 Å². The molecule has 2 aromatic carbocycles. The van der Waals surface area contributed by atoms with E-state index in [9.17, 15) is 48.1 Å². The minimum Gasteiger partial charge on any atom is -0.456 e. The molecule has 0 saturated carbocycles. The molecule has 18 nitrogen and oxygen atoms in total. The maximum atomic E-state index is 13.6. The molecule has 0 radical (unpaired) electrons. The number of amides is 2. The van der Waals surface area contributed by atoms with E-state index in [-0.39, 0.29) is 49.8 Å². The van der Waals surface area contributed by atoms with E-state index in [2.05, 4.69) is 4.72 Å². The zero-order valence-corrected chi connectivity index (χ0v) is 28.4. The van der Waals surface area contributed by atoms with Gasteiger partial charge in [0.05, 0.1) is 27.9 Å². The number of hydrogen-bond acceptors (Lipinski definition) is 13. The lowest BCUT2D eigenvalue weighted by atomic mass is 9.79. The lowest BCUT2D eigenvalue weighted by Gasteiger charge is -2.46. The molecule has 0 spiro atoms. The number of nitrogens with zero attached hydrogens (tertiary/aromatic N) is 4. The van der Waals surface area contributed by atoms with Gasteiger partial charge < -0.3 is 24.4 Å². The van der Waals surface area contributed by atoms with Crippen LogP contribution in [-0.2, 0) is 42.5 Å². The molecule has 2 aromatic rings. The Labute approximate surface area is 290 Å². The number of esters is 1. The Balaban J connectivity index is 1.35. The van der Waals surface area contributed by atoms with Crippen LogP contribution >= 0.6 is 11.8 Å². The number of ether oxygens (including phenoxy) is 2. The molecule has 3 aliphatic rings. The van der Waals surface area contributed by atoms with E-state index >= 15 is 0 Å². The van der Waals surface area contributed by atoms with Crippen LogP contribution in [0.15, 0.2) is 59.1 Å². The van der Waals surface area contributed by atoms with Crippen molar-refractivity contribution in [2.45, 2.75) is 56.9 Å². The number of aliphatic hydroxyl groups excluding tert-OH is 1. The van der Waals surface area contributed by atoms with E-state index in [1.807, 2.05) is 6.92 Å². The van der Waals surface area contributed by atoms with Crippen molar-refractivity contribution >= 4 is 51.3 Å². The second kappa shape index (κ2) is 14.7. The summed E-state index contributed by atoms with van der Waals surface area (Å²) in [4.78, 5) is 64.0. The maximum Gasteiger partial charge on any atom is 0.410 e. The predicted octanol–water partition coefficient (Wildman–Crippen LogP) is 1.92. The lowest BCUT2D eigenvalue weighted by Crippen LogP contribution is -2.63. The number of benzene rings is 2. The molecule has 268 valence electrons. The fourth-order valence-electron chi connectivity index (χ4n) is 6.31. The molecule has 0 aromatic heterocycles. The summed E-state index contributed by atoms with van der Waals surface area (Å²) in [5.41, 5.74) is 0.682. The number of hydrogen-bond donors (Lipinski definition) is 3. The highest BCUT2D eigenvalue weighted by atomic mass is 32.2. The molecular weight excluding hydrogens is 700 g/mol. The molecule has 3 aliphatic heterocycles. The molecule has 6 atom stereocenters. The van der Waals surface area contributed by atoms with Crippen LogP contribution < -0.4 is 9.86 Å². The summed E-state index contributed by atoms with van der Waals surface area (Å²) in [6.07, 6.45) is -1.54. The number of non-ortho nitro benzene ring substituents is 2. The number of β-lactam (4-membered cyclic amide) rings is 1. The summed E-state index contributed by atoms with van der Waals surface area (Å²) >= 11 is 1.23. The third-order valence-electron chi connectivity index (χ3n) is 8.75. The molecule has 4 N–H and O–H groups in total. The smallest absolute Gasteiger partial charge is 0.410 e. The summed E-state index contributed by atoms with van der Waals surface area (Å²) in [7, 11) is -4.12. The van der Waals surface area contributed by atoms with Gasteiger partial charge in [-0.05, 0) is 48.7 Å². The molecule has 1 unspecified atom stereocenters. The molecule has 5 rings (SSSR count). The van der Waals surface area contributed by atoms with Gasteiger partial charge in [0, 0.05) is 59.5 Å². The molecule has 0 bridgehead atoms. The second-order valence-corrected chi connectivity index (χ2v) is 14.8. The molecule has 2 amide bonds. The molecule has 3 heterocycles.